The van der Waals surface area contributed by atoms with Gasteiger partial charge in [0.25, 0.3) is 0 Å². The fourth-order valence-corrected chi connectivity index (χ4v) is 2.47. The molecule has 2 unspecified atom stereocenters. The SMILES string of the molecule is Cc1ccccc1[C@H](C)NC(=O)C1CCC(C(=O)O)O1. The molecule has 1 aromatic carbocycles. The maximum atomic E-state index is 12.1. The van der Waals surface area contributed by atoms with Crippen molar-refractivity contribution in [2.75, 3.05) is 0 Å². The van der Waals surface area contributed by atoms with Crippen molar-refractivity contribution in [3.63, 3.8) is 0 Å². The first-order valence-corrected chi connectivity index (χ1v) is 6.73. The topological polar surface area (TPSA) is 75.6 Å². The zero-order valence-corrected chi connectivity index (χ0v) is 11.6. The summed E-state index contributed by atoms with van der Waals surface area (Å²) in [6, 6.07) is 7.71. The number of aliphatic carboxylic acids is 1. The quantitative estimate of drug-likeness (QED) is 0.880. The molecule has 1 aliphatic heterocycles. The minimum atomic E-state index is -1.01. The predicted molar refractivity (Wildman–Crippen MR) is 73.3 cm³/mol. The number of aryl methyl sites for hydroxylation is 1. The fraction of sp³-hybridized carbons (Fsp3) is 0.467. The van der Waals surface area contributed by atoms with Crippen molar-refractivity contribution in [3.05, 3.63) is 35.4 Å². The molecule has 20 heavy (non-hydrogen) atoms. The minimum absolute atomic E-state index is 0.129. The molecule has 1 heterocycles. The Labute approximate surface area is 117 Å². The largest absolute Gasteiger partial charge is 0.479 e. The van der Waals surface area contributed by atoms with Crippen molar-refractivity contribution >= 4 is 11.9 Å². The molecule has 3 atom stereocenters. The second-order valence-electron chi connectivity index (χ2n) is 5.12. The van der Waals surface area contributed by atoms with Crippen molar-refractivity contribution in [1.29, 1.82) is 0 Å². The van der Waals surface area contributed by atoms with E-state index in [4.69, 9.17) is 9.84 Å². The number of carboxylic acids is 1. The molecule has 1 amide bonds. The molecule has 2 rings (SSSR count). The van der Waals surface area contributed by atoms with E-state index in [9.17, 15) is 9.59 Å². The van der Waals surface area contributed by atoms with Crippen molar-refractivity contribution in [3.8, 4) is 0 Å². The number of hydrogen-bond acceptors (Lipinski definition) is 3. The van der Waals surface area contributed by atoms with E-state index >= 15 is 0 Å². The molecule has 0 aliphatic carbocycles. The zero-order valence-electron chi connectivity index (χ0n) is 11.6. The Kier molecular flexibility index (Phi) is 4.39. The summed E-state index contributed by atoms with van der Waals surface area (Å²) >= 11 is 0. The Morgan fingerprint density at radius 3 is 2.55 bits per heavy atom. The van der Waals surface area contributed by atoms with Crippen LogP contribution in [0.1, 0.15) is 36.9 Å². The van der Waals surface area contributed by atoms with Gasteiger partial charge in [-0.15, -0.1) is 0 Å². The predicted octanol–water partition coefficient (Wildman–Crippen LogP) is 1.80. The Hall–Kier alpha value is -1.88. The first-order valence-electron chi connectivity index (χ1n) is 6.73. The lowest BCUT2D eigenvalue weighted by molar-refractivity contribution is -0.151. The van der Waals surface area contributed by atoms with Crippen LogP contribution in [-0.4, -0.2) is 29.2 Å². The Balaban J connectivity index is 1.95. The highest BCUT2D eigenvalue weighted by Gasteiger charge is 2.35. The van der Waals surface area contributed by atoms with Crippen LogP contribution in [0.5, 0.6) is 0 Å². The van der Waals surface area contributed by atoms with Crippen LogP contribution in [0.4, 0.5) is 0 Å². The molecule has 108 valence electrons. The lowest BCUT2D eigenvalue weighted by Gasteiger charge is -2.19. The second-order valence-corrected chi connectivity index (χ2v) is 5.12. The highest BCUT2D eigenvalue weighted by Crippen LogP contribution is 2.22. The summed E-state index contributed by atoms with van der Waals surface area (Å²) in [6.07, 6.45) is -0.697. The highest BCUT2D eigenvalue weighted by molar-refractivity contribution is 5.83. The molecule has 1 aromatic rings. The van der Waals surface area contributed by atoms with Gasteiger partial charge in [0.2, 0.25) is 5.91 Å². The minimum Gasteiger partial charge on any atom is -0.479 e. The number of amides is 1. The molecular weight excluding hydrogens is 258 g/mol. The van der Waals surface area contributed by atoms with Crippen LogP contribution in [0, 0.1) is 6.92 Å². The number of nitrogens with one attached hydrogen (secondary N) is 1. The summed E-state index contributed by atoms with van der Waals surface area (Å²) < 4.78 is 5.24. The molecule has 5 nitrogen and oxygen atoms in total. The standard InChI is InChI=1S/C15H19NO4/c1-9-5-3-4-6-11(9)10(2)16-14(17)12-7-8-13(20-12)15(18)19/h3-6,10,12-13H,7-8H2,1-2H3,(H,16,17)(H,18,19)/t10-,12?,13?/m0/s1. The van der Waals surface area contributed by atoms with Gasteiger partial charge in [0.05, 0.1) is 6.04 Å². The Morgan fingerprint density at radius 1 is 1.30 bits per heavy atom. The molecule has 0 spiro atoms. The van der Waals surface area contributed by atoms with E-state index in [1.165, 1.54) is 0 Å². The number of carboxylic acid groups (broad SMARTS) is 1. The van der Waals surface area contributed by atoms with Crippen LogP contribution < -0.4 is 5.32 Å². The number of rotatable bonds is 4. The van der Waals surface area contributed by atoms with Gasteiger partial charge < -0.3 is 15.2 Å². The first kappa shape index (κ1) is 14.5. The van der Waals surface area contributed by atoms with E-state index in [2.05, 4.69) is 5.32 Å². The van der Waals surface area contributed by atoms with Gasteiger partial charge in [0.15, 0.2) is 6.10 Å². The summed E-state index contributed by atoms with van der Waals surface area (Å²) in [5, 5.41) is 11.7. The van der Waals surface area contributed by atoms with Gasteiger partial charge in [-0.25, -0.2) is 4.79 Å². The van der Waals surface area contributed by atoms with E-state index in [1.807, 2.05) is 38.1 Å². The molecule has 0 saturated carbocycles. The van der Waals surface area contributed by atoms with Crippen molar-refractivity contribution in [2.45, 2.75) is 44.9 Å². The monoisotopic (exact) mass is 277 g/mol. The molecule has 0 bridgehead atoms. The van der Waals surface area contributed by atoms with E-state index in [0.717, 1.165) is 11.1 Å². The summed E-state index contributed by atoms with van der Waals surface area (Å²) in [6.45, 7) is 3.90. The van der Waals surface area contributed by atoms with Gasteiger partial charge in [-0.2, -0.15) is 0 Å². The van der Waals surface area contributed by atoms with Gasteiger partial charge >= 0.3 is 5.97 Å². The van der Waals surface area contributed by atoms with Crippen molar-refractivity contribution < 1.29 is 19.4 Å². The van der Waals surface area contributed by atoms with Gasteiger partial charge in [0, 0.05) is 0 Å². The van der Waals surface area contributed by atoms with E-state index < -0.39 is 18.2 Å². The normalized spacial score (nSPS) is 23.3. The van der Waals surface area contributed by atoms with Crippen molar-refractivity contribution in [1.82, 2.24) is 5.32 Å². The highest BCUT2D eigenvalue weighted by atomic mass is 16.5. The van der Waals surface area contributed by atoms with Crippen LogP contribution in [0.3, 0.4) is 0 Å². The molecular formula is C15H19NO4. The summed E-state index contributed by atoms with van der Waals surface area (Å²) in [5.41, 5.74) is 2.16. The van der Waals surface area contributed by atoms with Crippen LogP contribution in [0.2, 0.25) is 0 Å². The average Bonchev–Trinajstić information content (AvgIpc) is 2.88. The van der Waals surface area contributed by atoms with Crippen molar-refractivity contribution in [2.24, 2.45) is 0 Å². The molecule has 2 N–H and O–H groups in total. The first-order chi connectivity index (χ1) is 9.49. The third kappa shape index (κ3) is 3.17. The third-order valence-corrected chi connectivity index (χ3v) is 3.60. The van der Waals surface area contributed by atoms with Crippen LogP contribution in [0.15, 0.2) is 24.3 Å². The number of carbonyl (C=O) groups excluding carboxylic acids is 1. The van der Waals surface area contributed by atoms with Crippen LogP contribution in [0.25, 0.3) is 0 Å². The fourth-order valence-electron chi connectivity index (χ4n) is 2.47. The molecule has 0 radical (unpaired) electrons. The Morgan fingerprint density at radius 2 is 1.95 bits per heavy atom. The van der Waals surface area contributed by atoms with Gasteiger partial charge in [0.1, 0.15) is 6.10 Å². The van der Waals surface area contributed by atoms with Crippen LogP contribution in [-0.2, 0) is 14.3 Å². The molecule has 1 saturated heterocycles. The van der Waals surface area contributed by atoms with E-state index in [1.54, 1.807) is 0 Å². The second kappa shape index (κ2) is 6.05. The summed E-state index contributed by atoms with van der Waals surface area (Å²) in [7, 11) is 0. The third-order valence-electron chi connectivity index (χ3n) is 3.60. The zero-order chi connectivity index (χ0) is 14.7. The Bertz CT molecular complexity index is 514. The summed E-state index contributed by atoms with van der Waals surface area (Å²) in [5.74, 6) is -1.25. The maximum absolute atomic E-state index is 12.1. The van der Waals surface area contributed by atoms with Crippen LogP contribution >= 0.6 is 0 Å². The van der Waals surface area contributed by atoms with Gasteiger partial charge in [-0.3, -0.25) is 4.79 Å². The van der Waals surface area contributed by atoms with Gasteiger partial charge in [-0.1, -0.05) is 24.3 Å². The maximum Gasteiger partial charge on any atom is 0.332 e. The number of carbonyl (C=O) groups is 2. The molecule has 1 fully saturated rings. The van der Waals surface area contributed by atoms with Gasteiger partial charge in [-0.05, 0) is 37.8 Å². The lowest BCUT2D eigenvalue weighted by Crippen LogP contribution is -2.37. The number of ether oxygens (including phenoxy) is 1. The molecule has 1 aliphatic rings. The molecule has 5 heteroatoms. The number of benzene rings is 1. The average molecular weight is 277 g/mol. The number of hydrogen-bond donors (Lipinski definition) is 2. The smallest absolute Gasteiger partial charge is 0.332 e. The molecule has 0 aromatic heterocycles. The van der Waals surface area contributed by atoms with E-state index in [0.29, 0.717) is 12.8 Å². The lowest BCUT2D eigenvalue weighted by atomic mass is 10.0. The summed E-state index contributed by atoms with van der Waals surface area (Å²) in [4.78, 5) is 22.9. The van der Waals surface area contributed by atoms with E-state index in [-0.39, 0.29) is 11.9 Å².